The van der Waals surface area contributed by atoms with Gasteiger partial charge >= 0.3 is 0 Å². The summed E-state index contributed by atoms with van der Waals surface area (Å²) >= 11 is 0. The molecule has 2 N–H and O–H groups in total. The van der Waals surface area contributed by atoms with Gasteiger partial charge in [-0.15, -0.1) is 0 Å². The van der Waals surface area contributed by atoms with Crippen LogP contribution < -0.4 is 10.2 Å². The molecule has 7 rings (SSSR count). The number of imidazole rings is 1. The average molecular weight is 618 g/mol. The molecule has 6 heterocycles. The molecule has 0 saturated carbocycles. The first-order valence-electron chi connectivity index (χ1n) is 14.5. The van der Waals surface area contributed by atoms with Crippen LogP contribution in [0, 0.1) is 12.8 Å². The third-order valence-electron chi connectivity index (χ3n) is 8.66. The smallest absolute Gasteiger partial charge is 0.243 e. The predicted molar refractivity (Wildman–Crippen MR) is 160 cm³/mol. The minimum absolute atomic E-state index is 0.0342. The van der Waals surface area contributed by atoms with E-state index in [1.165, 1.54) is 22.2 Å². The number of aromatic nitrogens is 6. The van der Waals surface area contributed by atoms with E-state index in [2.05, 4.69) is 25.3 Å². The van der Waals surface area contributed by atoms with Gasteiger partial charge in [0.1, 0.15) is 29.6 Å². The van der Waals surface area contributed by atoms with E-state index < -0.39 is 27.2 Å². The Kier molecular flexibility index (Phi) is 6.35. The molecule has 1 spiro atoms. The van der Waals surface area contributed by atoms with Gasteiger partial charge < -0.3 is 20.1 Å². The van der Waals surface area contributed by atoms with Crippen molar-refractivity contribution in [3.05, 3.63) is 53.7 Å². The van der Waals surface area contributed by atoms with Crippen LogP contribution in [0.1, 0.15) is 43.5 Å². The number of hydrogen-bond acceptors (Lipinski definition) is 9. The number of para-hydroxylation sites is 1. The zero-order valence-corrected chi connectivity index (χ0v) is 25.3. The summed E-state index contributed by atoms with van der Waals surface area (Å²) in [5.74, 6) is -0.432. The third kappa shape index (κ3) is 4.20. The number of amides is 3. The lowest BCUT2D eigenvalue weighted by Gasteiger charge is -2.34. The van der Waals surface area contributed by atoms with Crippen LogP contribution in [-0.4, -0.2) is 91.4 Å². The molecule has 3 aliphatic heterocycles. The van der Waals surface area contributed by atoms with E-state index in [0.29, 0.717) is 58.3 Å². The number of nitrogens with zero attached hydrogens (tertiary/aromatic N) is 7. The Morgan fingerprint density at radius 1 is 1.18 bits per heavy atom. The standard InChI is InChI=1S/C29H31N9O5S/c1-16(2)11-36(18-8-9-44(42,43)13-18)22(40)12-37-20-7-5-4-6-19(20)29(28(37)41)10-21(39)34-26-23(29)17(3)35-38(26)27-24-25(31-14-30-24)32-15-33-27/h4-7,14-16,18H,8-13H2,1-3H3,(H,34,39)(H,30,31,32,33)/t18-,29+/m1/s1. The third-order valence-corrected chi connectivity index (χ3v) is 10.4. The van der Waals surface area contributed by atoms with Crippen molar-refractivity contribution in [2.45, 2.75) is 45.1 Å². The van der Waals surface area contributed by atoms with Crippen molar-refractivity contribution in [3.63, 3.8) is 0 Å². The second kappa shape index (κ2) is 9.94. The Morgan fingerprint density at radius 2 is 1.98 bits per heavy atom. The van der Waals surface area contributed by atoms with Crippen molar-refractivity contribution in [2.24, 2.45) is 5.92 Å². The molecule has 1 saturated heterocycles. The molecule has 1 fully saturated rings. The Hall–Kier alpha value is -4.66. The lowest BCUT2D eigenvalue weighted by molar-refractivity contribution is -0.134. The number of carbonyl (C=O) groups excluding carboxylic acids is 3. The van der Waals surface area contributed by atoms with E-state index in [1.54, 1.807) is 30.0 Å². The SMILES string of the molecule is Cc1nn(-c2ncnc3nc[nH]c23)c2c1[C@@]1(CC(=O)N2)C(=O)N(CC(=O)N(CC(C)C)[C@@H]2CCS(=O)(=O)C2)c2ccccc21. The number of fused-ring (bicyclic) bond motifs is 5. The van der Waals surface area contributed by atoms with Gasteiger partial charge in [-0.1, -0.05) is 32.0 Å². The van der Waals surface area contributed by atoms with Gasteiger partial charge in [-0.05, 0) is 30.9 Å². The Morgan fingerprint density at radius 3 is 2.73 bits per heavy atom. The Labute approximate surface area is 252 Å². The van der Waals surface area contributed by atoms with E-state index >= 15 is 0 Å². The van der Waals surface area contributed by atoms with Gasteiger partial charge in [0, 0.05) is 30.3 Å². The fourth-order valence-electron chi connectivity index (χ4n) is 6.91. The van der Waals surface area contributed by atoms with Gasteiger partial charge in [0.25, 0.3) is 0 Å². The Bertz CT molecular complexity index is 1970. The first kappa shape index (κ1) is 28.1. The highest BCUT2D eigenvalue weighted by molar-refractivity contribution is 7.91. The summed E-state index contributed by atoms with van der Waals surface area (Å²) in [6.07, 6.45) is 3.03. The largest absolute Gasteiger partial charge is 0.340 e. The number of aryl methyl sites for hydroxylation is 1. The highest BCUT2D eigenvalue weighted by atomic mass is 32.2. The number of rotatable bonds is 6. The number of hydrogen-bond donors (Lipinski definition) is 2. The maximum Gasteiger partial charge on any atom is 0.243 e. The maximum atomic E-state index is 14.7. The molecule has 3 aromatic heterocycles. The number of H-pyrrole nitrogens is 1. The monoisotopic (exact) mass is 617 g/mol. The summed E-state index contributed by atoms with van der Waals surface area (Å²) in [7, 11) is -3.24. The van der Waals surface area contributed by atoms with Gasteiger partial charge in [0.15, 0.2) is 21.3 Å². The first-order chi connectivity index (χ1) is 21.0. The summed E-state index contributed by atoms with van der Waals surface area (Å²) in [4.78, 5) is 60.9. The van der Waals surface area contributed by atoms with Crippen LogP contribution in [-0.2, 0) is 29.6 Å². The molecule has 44 heavy (non-hydrogen) atoms. The van der Waals surface area contributed by atoms with Crippen molar-refractivity contribution in [3.8, 4) is 5.82 Å². The van der Waals surface area contributed by atoms with Crippen LogP contribution in [0.2, 0.25) is 0 Å². The molecular formula is C29H31N9O5S. The molecule has 4 aromatic rings. The molecule has 1 aromatic carbocycles. The summed E-state index contributed by atoms with van der Waals surface area (Å²) in [5.41, 5.74) is 1.66. The molecule has 14 nitrogen and oxygen atoms in total. The Balaban J connectivity index is 1.32. The zero-order valence-electron chi connectivity index (χ0n) is 24.4. The van der Waals surface area contributed by atoms with Crippen LogP contribution in [0.25, 0.3) is 17.0 Å². The lowest BCUT2D eigenvalue weighted by atomic mass is 9.70. The van der Waals surface area contributed by atoms with Crippen LogP contribution in [0.3, 0.4) is 0 Å². The lowest BCUT2D eigenvalue weighted by Crippen LogP contribution is -2.51. The number of nitrogens with one attached hydrogen (secondary N) is 2. The molecule has 0 radical (unpaired) electrons. The molecule has 2 atom stereocenters. The van der Waals surface area contributed by atoms with Gasteiger partial charge in [-0.25, -0.2) is 23.4 Å². The highest BCUT2D eigenvalue weighted by Gasteiger charge is 2.58. The molecule has 0 unspecified atom stereocenters. The van der Waals surface area contributed by atoms with Crippen molar-refractivity contribution < 1.29 is 22.8 Å². The zero-order chi connectivity index (χ0) is 31.0. The van der Waals surface area contributed by atoms with Crippen molar-refractivity contribution >= 4 is 50.2 Å². The summed E-state index contributed by atoms with van der Waals surface area (Å²) in [6, 6.07) is 6.72. The second-order valence-electron chi connectivity index (χ2n) is 12.1. The minimum Gasteiger partial charge on any atom is -0.340 e. The number of sulfone groups is 1. The molecule has 3 amide bonds. The fraction of sp³-hybridized carbons (Fsp3) is 0.414. The van der Waals surface area contributed by atoms with Crippen molar-refractivity contribution in [2.75, 3.05) is 34.8 Å². The molecule has 0 aliphatic carbocycles. The normalized spacial score (nSPS) is 22.1. The highest BCUT2D eigenvalue weighted by Crippen LogP contribution is 2.53. The average Bonchev–Trinajstić information content (AvgIpc) is 3.73. The molecule has 228 valence electrons. The van der Waals surface area contributed by atoms with Crippen molar-refractivity contribution in [1.29, 1.82) is 0 Å². The molecule has 3 aliphatic rings. The topological polar surface area (TPSA) is 176 Å². The summed E-state index contributed by atoms with van der Waals surface area (Å²) < 4.78 is 26.1. The van der Waals surface area contributed by atoms with Crippen LogP contribution in [0.5, 0.6) is 0 Å². The summed E-state index contributed by atoms with van der Waals surface area (Å²) in [6.45, 7) is 5.78. The number of anilines is 2. The van der Waals surface area contributed by atoms with Gasteiger partial charge in [-0.3, -0.25) is 14.4 Å². The van der Waals surface area contributed by atoms with E-state index in [0.717, 1.165) is 0 Å². The quantitative estimate of drug-likeness (QED) is 0.325. The van der Waals surface area contributed by atoms with E-state index in [1.807, 2.05) is 19.9 Å². The van der Waals surface area contributed by atoms with E-state index in [9.17, 15) is 22.8 Å². The molecule has 15 heteroatoms. The molecule has 0 bridgehead atoms. The van der Waals surface area contributed by atoms with E-state index in [4.69, 9.17) is 5.10 Å². The van der Waals surface area contributed by atoms with Gasteiger partial charge in [0.05, 0.1) is 23.5 Å². The van der Waals surface area contributed by atoms with E-state index in [-0.39, 0.29) is 42.2 Å². The summed E-state index contributed by atoms with van der Waals surface area (Å²) in [5, 5.41) is 7.64. The van der Waals surface area contributed by atoms with Crippen LogP contribution in [0.15, 0.2) is 36.9 Å². The number of carbonyl (C=O) groups is 3. The number of aromatic amines is 1. The predicted octanol–water partition coefficient (Wildman–Crippen LogP) is 1.49. The maximum absolute atomic E-state index is 14.7. The van der Waals surface area contributed by atoms with Crippen LogP contribution >= 0.6 is 0 Å². The van der Waals surface area contributed by atoms with Crippen molar-refractivity contribution in [1.82, 2.24) is 34.6 Å². The minimum atomic E-state index is -3.24. The van der Waals surface area contributed by atoms with Gasteiger partial charge in [-0.2, -0.15) is 9.78 Å². The van der Waals surface area contributed by atoms with Crippen LogP contribution in [0.4, 0.5) is 11.5 Å². The first-order valence-corrected chi connectivity index (χ1v) is 16.3. The second-order valence-corrected chi connectivity index (χ2v) is 14.3. The van der Waals surface area contributed by atoms with Gasteiger partial charge in [0.2, 0.25) is 17.7 Å². The molecular weight excluding hydrogens is 586 g/mol. The fourth-order valence-corrected chi connectivity index (χ4v) is 8.65. The number of benzene rings is 1.